The summed E-state index contributed by atoms with van der Waals surface area (Å²) < 4.78 is 0. The summed E-state index contributed by atoms with van der Waals surface area (Å²) in [6.45, 7) is 22.8. The normalized spacial score (nSPS) is 12.0. The Labute approximate surface area is 190 Å². The molecular weight excluding hydrogens is 497 g/mol. The molecule has 0 bridgehead atoms. The van der Waals surface area contributed by atoms with Crippen LogP contribution in [0.2, 0.25) is 91.7 Å². The lowest BCUT2D eigenvalue weighted by atomic mass is 11.8. The molecule has 0 aliphatic carbocycles. The highest BCUT2D eigenvalue weighted by Crippen LogP contribution is 1.89. The van der Waals surface area contributed by atoms with E-state index >= 15 is 0 Å². The fourth-order valence-electron chi connectivity index (χ4n) is 0. The van der Waals surface area contributed by atoms with Crippen LogP contribution in [0.15, 0.2) is 0 Å². The van der Waals surface area contributed by atoms with Crippen LogP contribution in [0.5, 0.6) is 0 Å². The molecule has 0 aromatic rings. The lowest BCUT2D eigenvalue weighted by Gasteiger charge is -2.00. The van der Waals surface area contributed by atoms with Gasteiger partial charge in [0, 0.05) is 0 Å². The molecule has 0 saturated carbocycles. The van der Waals surface area contributed by atoms with E-state index in [1.807, 2.05) is 39.3 Å². The molecule has 0 aliphatic heterocycles. The summed E-state index contributed by atoms with van der Waals surface area (Å²) >= 11 is 0. The Morgan fingerprint density at radius 2 is 0.233 bits per heavy atom. The molecule has 0 aromatic heterocycles. The molecule has 0 spiro atoms. The van der Waals surface area contributed by atoms with Crippen molar-refractivity contribution in [2.75, 3.05) is 0 Å². The maximum Gasteiger partial charge on any atom is 0.326 e. The van der Waals surface area contributed by atoms with Crippen molar-refractivity contribution in [3.8, 4) is 0 Å². The summed E-state index contributed by atoms with van der Waals surface area (Å²) in [6.07, 6.45) is 0. The minimum Gasteiger partial charge on any atom is -0.433 e. The molecule has 0 saturated heterocycles. The van der Waals surface area contributed by atoms with Gasteiger partial charge in [-0.15, -0.1) is 0 Å². The zero-order valence-electron chi connectivity index (χ0n) is 21.5. The molecule has 0 amide bonds. The van der Waals surface area contributed by atoms with E-state index in [1.165, 1.54) is 52.4 Å². The Morgan fingerprint density at radius 3 is 0.233 bits per heavy atom. The van der Waals surface area contributed by atoms with Gasteiger partial charge in [-0.1, -0.05) is 0 Å². The standard InChI is InChI=1S/2C3H10OSi.4C2H8O2Si/c6*1-5(2,3)4/h2*4H,1-3H3;4*3-4H,1-2H3. The van der Waals surface area contributed by atoms with E-state index in [-0.39, 0.29) is 0 Å². The molecule has 0 unspecified atom stereocenters. The van der Waals surface area contributed by atoms with Crippen LogP contribution in [0.1, 0.15) is 0 Å². The van der Waals surface area contributed by atoms with Crippen LogP contribution >= 0.6 is 0 Å². The summed E-state index contributed by atoms with van der Waals surface area (Å²) in [7, 11) is -13.7. The zero-order valence-corrected chi connectivity index (χ0v) is 27.5. The van der Waals surface area contributed by atoms with Crippen LogP contribution in [-0.4, -0.2) is 98.8 Å². The Balaban J connectivity index is -0.0000000576. The molecular formula is C14H52O10Si6. The molecule has 0 aromatic carbocycles. The third kappa shape index (κ3) is 27700. The fourth-order valence-corrected chi connectivity index (χ4v) is 0. The minimum absolute atomic E-state index is 1.44. The average Bonchev–Trinajstić information content (AvgIpc) is 1.94. The second kappa shape index (κ2) is 18.3. The van der Waals surface area contributed by atoms with E-state index in [0.29, 0.717) is 0 Å². The highest BCUT2D eigenvalue weighted by atomic mass is 28.4. The van der Waals surface area contributed by atoms with Crippen LogP contribution in [0, 0.1) is 0 Å². The van der Waals surface area contributed by atoms with Gasteiger partial charge >= 0.3 is 34.2 Å². The van der Waals surface area contributed by atoms with Gasteiger partial charge in [-0.25, -0.2) is 0 Å². The smallest absolute Gasteiger partial charge is 0.326 e. The first-order chi connectivity index (χ1) is 12.0. The predicted molar refractivity (Wildman–Crippen MR) is 139 cm³/mol. The van der Waals surface area contributed by atoms with Crippen molar-refractivity contribution in [1.29, 1.82) is 0 Å². The van der Waals surface area contributed by atoms with Gasteiger partial charge in [0.2, 0.25) is 0 Å². The largest absolute Gasteiger partial charge is 0.433 e. The van der Waals surface area contributed by atoms with Gasteiger partial charge < -0.3 is 48.0 Å². The molecule has 16 heteroatoms. The third-order valence-electron chi connectivity index (χ3n) is 0. The van der Waals surface area contributed by atoms with E-state index in [9.17, 15) is 0 Å². The Kier molecular flexibility index (Phi) is 27.2. The Hall–Kier alpha value is 0.901. The van der Waals surface area contributed by atoms with Crippen LogP contribution in [0.3, 0.4) is 0 Å². The van der Waals surface area contributed by atoms with E-state index in [0.717, 1.165) is 0 Å². The first-order valence-corrected chi connectivity index (χ1v) is 27.7. The lowest BCUT2D eigenvalue weighted by Crippen LogP contribution is -2.23. The maximum absolute atomic E-state index is 8.66. The van der Waals surface area contributed by atoms with Gasteiger partial charge in [0.1, 0.15) is 0 Å². The molecule has 0 rings (SSSR count). The number of hydrogen-bond donors (Lipinski definition) is 10. The molecule has 10 N–H and O–H groups in total. The van der Waals surface area contributed by atoms with Crippen LogP contribution < -0.4 is 0 Å². The zero-order chi connectivity index (χ0) is 27.0. The second-order valence-corrected chi connectivity index (χ2v) is 31.0. The third-order valence-corrected chi connectivity index (χ3v) is 0. The van der Waals surface area contributed by atoms with Crippen LogP contribution in [-0.2, 0) is 0 Å². The first-order valence-electron chi connectivity index (χ1n) is 9.24. The molecule has 0 fully saturated rings. The summed E-state index contributed by atoms with van der Waals surface area (Å²) in [5, 5.41) is 0. The monoisotopic (exact) mass is 548 g/mol. The molecule has 10 nitrogen and oxygen atoms in total. The van der Waals surface area contributed by atoms with Gasteiger partial charge in [0.25, 0.3) is 0 Å². The van der Waals surface area contributed by atoms with Crippen LogP contribution in [0.25, 0.3) is 0 Å². The summed E-state index contributed by atoms with van der Waals surface area (Å²) in [6, 6.07) is 0. The van der Waals surface area contributed by atoms with Crippen molar-refractivity contribution < 1.29 is 48.0 Å². The summed E-state index contributed by atoms with van der Waals surface area (Å²) in [5.41, 5.74) is 0. The van der Waals surface area contributed by atoms with E-state index in [4.69, 9.17) is 48.0 Å². The second-order valence-electron chi connectivity index (χ2n) is 10.3. The molecule has 0 heterocycles. The van der Waals surface area contributed by atoms with Crippen molar-refractivity contribution in [3.63, 3.8) is 0 Å². The van der Waals surface area contributed by atoms with Gasteiger partial charge in [0.15, 0.2) is 16.6 Å². The van der Waals surface area contributed by atoms with Gasteiger partial charge in [0.05, 0.1) is 0 Å². The lowest BCUT2D eigenvalue weighted by molar-refractivity contribution is 0.380. The quantitative estimate of drug-likeness (QED) is 0.188. The van der Waals surface area contributed by atoms with Gasteiger partial charge in [-0.05, 0) is 91.7 Å². The van der Waals surface area contributed by atoms with Gasteiger partial charge in [-0.3, -0.25) is 0 Å². The van der Waals surface area contributed by atoms with Gasteiger partial charge in [-0.2, -0.15) is 0 Å². The maximum atomic E-state index is 8.66. The highest BCUT2D eigenvalue weighted by molar-refractivity contribution is 6.68. The molecule has 0 atom stereocenters. The molecule has 0 radical (unpaired) electrons. The average molecular weight is 549 g/mol. The minimum atomic E-state index is -2.61. The number of hydrogen-bond acceptors (Lipinski definition) is 10. The molecule has 192 valence electrons. The fraction of sp³-hybridized carbons (Fsp3) is 1.00. The van der Waals surface area contributed by atoms with E-state index in [1.54, 1.807) is 0 Å². The number of rotatable bonds is 0. The van der Waals surface area contributed by atoms with Crippen molar-refractivity contribution in [2.45, 2.75) is 91.7 Å². The van der Waals surface area contributed by atoms with Crippen molar-refractivity contribution in [2.24, 2.45) is 0 Å². The van der Waals surface area contributed by atoms with E-state index < -0.39 is 50.9 Å². The molecule has 0 aliphatic rings. The molecule has 30 heavy (non-hydrogen) atoms. The SMILES string of the molecule is C[Si](C)(C)O.C[Si](C)(C)O.C[Si](C)(O)O.C[Si](C)(O)O.C[Si](C)(O)O.C[Si](C)(O)O. The van der Waals surface area contributed by atoms with E-state index in [2.05, 4.69) is 0 Å². The Bertz CT molecular complexity index is 231. The van der Waals surface area contributed by atoms with Crippen molar-refractivity contribution >= 4 is 50.9 Å². The Morgan fingerprint density at radius 1 is 0.233 bits per heavy atom. The topological polar surface area (TPSA) is 202 Å². The van der Waals surface area contributed by atoms with Crippen LogP contribution in [0.4, 0.5) is 0 Å². The highest BCUT2D eigenvalue weighted by Gasteiger charge is 2.10. The first kappa shape index (κ1) is 44.6. The van der Waals surface area contributed by atoms with Crippen molar-refractivity contribution in [3.05, 3.63) is 0 Å². The van der Waals surface area contributed by atoms with Crippen molar-refractivity contribution in [1.82, 2.24) is 0 Å². The summed E-state index contributed by atoms with van der Waals surface area (Å²) in [5.74, 6) is 0. The predicted octanol–water partition coefficient (Wildman–Crippen LogP) is 0.318. The summed E-state index contributed by atoms with van der Waals surface area (Å²) in [4.78, 5) is 83.0.